The zero-order valence-corrected chi connectivity index (χ0v) is 12.7. The lowest BCUT2D eigenvalue weighted by atomic mass is 10.1. The van der Waals surface area contributed by atoms with Crippen molar-refractivity contribution in [3.05, 3.63) is 58.3 Å². The molecular formula is C18H15NO5. The minimum atomic E-state index is -0.903. The molecule has 122 valence electrons. The third kappa shape index (κ3) is 3.12. The number of rotatable bonds is 5. The topological polar surface area (TPSA) is 96.6 Å². The second-order valence-electron chi connectivity index (χ2n) is 5.39. The average Bonchev–Trinajstić information content (AvgIpc) is 2.58. The number of fused-ring (bicyclic) bond motifs is 2. The van der Waals surface area contributed by atoms with Crippen molar-refractivity contribution in [1.29, 1.82) is 0 Å². The van der Waals surface area contributed by atoms with Crippen molar-refractivity contribution in [3.63, 3.8) is 0 Å². The van der Waals surface area contributed by atoms with Crippen molar-refractivity contribution in [3.8, 4) is 0 Å². The smallest absolute Gasteiger partial charge is 0.303 e. The first-order valence-electron chi connectivity index (χ1n) is 7.52. The summed E-state index contributed by atoms with van der Waals surface area (Å²) < 4.78 is 5.69. The van der Waals surface area contributed by atoms with Crippen molar-refractivity contribution in [1.82, 2.24) is 5.32 Å². The van der Waals surface area contributed by atoms with Gasteiger partial charge in [0.05, 0.1) is 10.8 Å². The summed E-state index contributed by atoms with van der Waals surface area (Å²) in [4.78, 5) is 35.1. The number of amides is 1. The monoisotopic (exact) mass is 325 g/mol. The highest BCUT2D eigenvalue weighted by molar-refractivity contribution is 5.99. The normalized spacial score (nSPS) is 10.8. The van der Waals surface area contributed by atoms with E-state index in [-0.39, 0.29) is 24.3 Å². The standard InChI is InChI=1S/C18H15NO5/c20-16(21)6-3-9-19-18(23)11-7-8-15-13(10-11)17(22)12-4-1-2-5-14(12)24-15/h1-2,4-5,7-8,10H,3,6,9H2,(H,19,23)(H,20,21). The highest BCUT2D eigenvalue weighted by Gasteiger charge is 2.11. The summed E-state index contributed by atoms with van der Waals surface area (Å²) in [6, 6.07) is 11.6. The molecule has 24 heavy (non-hydrogen) atoms. The molecule has 1 aromatic heterocycles. The van der Waals surface area contributed by atoms with Gasteiger partial charge < -0.3 is 14.8 Å². The summed E-state index contributed by atoms with van der Waals surface area (Å²) in [6.07, 6.45) is 0.342. The predicted octanol–water partition coefficient (Wildman–Crippen LogP) is 2.54. The molecule has 1 amide bonds. The van der Waals surface area contributed by atoms with Crippen molar-refractivity contribution >= 4 is 33.8 Å². The minimum Gasteiger partial charge on any atom is -0.481 e. The van der Waals surface area contributed by atoms with Crippen molar-refractivity contribution in [2.45, 2.75) is 12.8 Å². The highest BCUT2D eigenvalue weighted by atomic mass is 16.4. The molecule has 0 spiro atoms. The van der Waals surface area contributed by atoms with Crippen molar-refractivity contribution in [2.75, 3.05) is 6.54 Å². The Kier molecular flexibility index (Phi) is 4.29. The Morgan fingerprint density at radius 1 is 1.04 bits per heavy atom. The third-order valence-electron chi connectivity index (χ3n) is 3.69. The summed E-state index contributed by atoms with van der Waals surface area (Å²) in [6.45, 7) is 0.259. The number of carboxylic acid groups (broad SMARTS) is 1. The van der Waals surface area contributed by atoms with Gasteiger partial charge in [0.2, 0.25) is 5.43 Å². The maximum absolute atomic E-state index is 12.5. The van der Waals surface area contributed by atoms with E-state index in [4.69, 9.17) is 9.52 Å². The zero-order valence-electron chi connectivity index (χ0n) is 12.7. The van der Waals surface area contributed by atoms with Crippen LogP contribution in [0.1, 0.15) is 23.2 Å². The maximum atomic E-state index is 12.5. The van der Waals surface area contributed by atoms with E-state index >= 15 is 0 Å². The number of nitrogens with one attached hydrogen (secondary N) is 1. The van der Waals surface area contributed by atoms with Gasteiger partial charge in [-0.05, 0) is 36.8 Å². The number of carboxylic acids is 1. The minimum absolute atomic E-state index is 0.00637. The first-order valence-corrected chi connectivity index (χ1v) is 7.52. The fourth-order valence-corrected chi connectivity index (χ4v) is 2.49. The zero-order chi connectivity index (χ0) is 17.1. The predicted molar refractivity (Wildman–Crippen MR) is 89.2 cm³/mol. The van der Waals surface area contributed by atoms with E-state index in [2.05, 4.69) is 5.32 Å². The second kappa shape index (κ2) is 6.54. The second-order valence-corrected chi connectivity index (χ2v) is 5.39. The number of carbonyl (C=O) groups excluding carboxylic acids is 1. The molecule has 6 heteroatoms. The Morgan fingerprint density at radius 2 is 1.79 bits per heavy atom. The molecule has 0 unspecified atom stereocenters. The fraction of sp³-hybridized carbons (Fsp3) is 0.167. The third-order valence-corrected chi connectivity index (χ3v) is 3.69. The van der Waals surface area contributed by atoms with Gasteiger partial charge in [-0.25, -0.2) is 0 Å². The molecular weight excluding hydrogens is 310 g/mol. The molecule has 0 aliphatic heterocycles. The van der Waals surface area contributed by atoms with Gasteiger partial charge in [0.1, 0.15) is 11.2 Å². The first-order chi connectivity index (χ1) is 11.6. The summed E-state index contributed by atoms with van der Waals surface area (Å²) in [5.74, 6) is -1.26. The van der Waals surface area contributed by atoms with E-state index in [0.29, 0.717) is 33.9 Å². The Hall–Kier alpha value is -3.15. The number of hydrogen-bond acceptors (Lipinski definition) is 4. The molecule has 0 saturated carbocycles. The Labute approximate surface area is 136 Å². The lowest BCUT2D eigenvalue weighted by Crippen LogP contribution is -2.25. The van der Waals surface area contributed by atoms with Crippen LogP contribution in [0.3, 0.4) is 0 Å². The van der Waals surface area contributed by atoms with Crippen LogP contribution < -0.4 is 10.7 Å². The molecule has 0 aliphatic rings. The molecule has 0 atom stereocenters. The Bertz CT molecular complexity index is 990. The van der Waals surface area contributed by atoms with Crippen LogP contribution in [-0.2, 0) is 4.79 Å². The van der Waals surface area contributed by atoms with Gasteiger partial charge >= 0.3 is 5.97 Å². The molecule has 1 heterocycles. The molecule has 2 N–H and O–H groups in total. The lowest BCUT2D eigenvalue weighted by molar-refractivity contribution is -0.137. The van der Waals surface area contributed by atoms with Crippen LogP contribution in [0.5, 0.6) is 0 Å². The molecule has 0 fully saturated rings. The van der Waals surface area contributed by atoms with Crippen LogP contribution in [0.4, 0.5) is 0 Å². The van der Waals surface area contributed by atoms with Crippen LogP contribution in [0, 0.1) is 0 Å². The number of aliphatic carboxylic acids is 1. The molecule has 0 aliphatic carbocycles. The summed E-state index contributed by atoms with van der Waals surface area (Å²) in [5.41, 5.74) is 1.06. The van der Waals surface area contributed by atoms with Crippen LogP contribution in [0.25, 0.3) is 21.9 Å². The SMILES string of the molecule is O=C(O)CCCNC(=O)c1ccc2oc3ccccc3c(=O)c2c1. The van der Waals surface area contributed by atoms with E-state index in [1.165, 1.54) is 6.07 Å². The van der Waals surface area contributed by atoms with Gasteiger partial charge in [-0.2, -0.15) is 0 Å². The Balaban J connectivity index is 1.89. The first kappa shape index (κ1) is 15.7. The highest BCUT2D eigenvalue weighted by Crippen LogP contribution is 2.19. The van der Waals surface area contributed by atoms with Crippen LogP contribution in [0.15, 0.2) is 51.7 Å². The fourth-order valence-electron chi connectivity index (χ4n) is 2.49. The number of benzene rings is 2. The van der Waals surface area contributed by atoms with E-state index in [1.807, 2.05) is 0 Å². The van der Waals surface area contributed by atoms with Gasteiger partial charge in [-0.15, -0.1) is 0 Å². The van der Waals surface area contributed by atoms with Gasteiger partial charge in [0.15, 0.2) is 0 Å². The quantitative estimate of drug-likeness (QED) is 0.555. The molecule has 0 saturated heterocycles. The van der Waals surface area contributed by atoms with E-state index in [1.54, 1.807) is 36.4 Å². The molecule has 2 aromatic carbocycles. The van der Waals surface area contributed by atoms with E-state index < -0.39 is 5.97 Å². The molecule has 6 nitrogen and oxygen atoms in total. The molecule has 0 radical (unpaired) electrons. The number of para-hydroxylation sites is 1. The van der Waals surface area contributed by atoms with Gasteiger partial charge in [0, 0.05) is 18.5 Å². The van der Waals surface area contributed by atoms with Crippen LogP contribution in [0.2, 0.25) is 0 Å². The average molecular weight is 325 g/mol. The maximum Gasteiger partial charge on any atom is 0.303 e. The summed E-state index contributed by atoms with van der Waals surface area (Å²) in [5, 5.41) is 12.0. The van der Waals surface area contributed by atoms with Gasteiger partial charge in [-0.3, -0.25) is 14.4 Å². The van der Waals surface area contributed by atoms with Gasteiger partial charge in [-0.1, -0.05) is 12.1 Å². The van der Waals surface area contributed by atoms with Crippen LogP contribution in [-0.4, -0.2) is 23.5 Å². The number of hydrogen-bond donors (Lipinski definition) is 2. The summed E-state index contributed by atoms with van der Waals surface area (Å²) in [7, 11) is 0. The molecule has 0 bridgehead atoms. The lowest BCUT2D eigenvalue weighted by Gasteiger charge is -2.06. The van der Waals surface area contributed by atoms with Crippen LogP contribution >= 0.6 is 0 Å². The molecule has 3 rings (SSSR count). The Morgan fingerprint density at radius 3 is 2.58 bits per heavy atom. The van der Waals surface area contributed by atoms with E-state index in [0.717, 1.165) is 0 Å². The van der Waals surface area contributed by atoms with Crippen molar-refractivity contribution < 1.29 is 19.1 Å². The summed E-state index contributed by atoms with van der Waals surface area (Å²) >= 11 is 0. The van der Waals surface area contributed by atoms with E-state index in [9.17, 15) is 14.4 Å². The van der Waals surface area contributed by atoms with Gasteiger partial charge in [0.25, 0.3) is 5.91 Å². The van der Waals surface area contributed by atoms with Crippen molar-refractivity contribution in [2.24, 2.45) is 0 Å². The largest absolute Gasteiger partial charge is 0.481 e. The number of carbonyl (C=O) groups is 2. The molecule has 3 aromatic rings.